The molecule has 2 nitrogen and oxygen atoms in total. The van der Waals surface area contributed by atoms with E-state index >= 15 is 0 Å². The van der Waals surface area contributed by atoms with Crippen molar-refractivity contribution in [3.63, 3.8) is 0 Å². The molecule has 0 spiro atoms. The summed E-state index contributed by atoms with van der Waals surface area (Å²) < 4.78 is 0. The van der Waals surface area contributed by atoms with Crippen molar-refractivity contribution in [3.8, 4) is 0 Å². The monoisotopic (exact) mass is 286 g/mol. The van der Waals surface area contributed by atoms with Crippen LogP contribution in [0.25, 0.3) is 0 Å². The van der Waals surface area contributed by atoms with Gasteiger partial charge in [0.15, 0.2) is 0 Å². The van der Waals surface area contributed by atoms with Gasteiger partial charge in [0.25, 0.3) is 0 Å². The van der Waals surface area contributed by atoms with Crippen LogP contribution < -0.4 is 5.73 Å². The van der Waals surface area contributed by atoms with E-state index in [-0.39, 0.29) is 5.54 Å². The number of hydrogen-bond donors (Lipinski definition) is 1. The second kappa shape index (κ2) is 5.73. The first kappa shape index (κ1) is 15.1. The molecule has 1 unspecified atom stereocenters. The molecule has 0 saturated carbocycles. The molecule has 2 aliphatic rings. The summed E-state index contributed by atoms with van der Waals surface area (Å²) >= 11 is 0. The van der Waals surface area contributed by atoms with Crippen molar-refractivity contribution in [3.05, 3.63) is 35.4 Å². The third kappa shape index (κ3) is 2.33. The number of benzene rings is 1. The molecule has 3 rings (SSSR count). The van der Waals surface area contributed by atoms with E-state index in [2.05, 4.69) is 43.0 Å². The zero-order valence-corrected chi connectivity index (χ0v) is 13.7. The minimum absolute atomic E-state index is 0.0981. The highest BCUT2D eigenvalue weighted by molar-refractivity contribution is 5.37. The summed E-state index contributed by atoms with van der Waals surface area (Å²) in [5.41, 5.74) is 10.0. The SMILES string of the molecule is CCC1(CC)CCN(C2(CN)CCCc3ccccc32)C1. The van der Waals surface area contributed by atoms with E-state index in [0.717, 1.165) is 6.54 Å². The molecule has 1 fully saturated rings. The van der Waals surface area contributed by atoms with Gasteiger partial charge in [0.05, 0.1) is 5.54 Å². The largest absolute Gasteiger partial charge is 0.328 e. The molecule has 116 valence electrons. The van der Waals surface area contributed by atoms with Crippen molar-refractivity contribution < 1.29 is 0 Å². The molecule has 0 radical (unpaired) electrons. The van der Waals surface area contributed by atoms with Gasteiger partial charge in [-0.05, 0) is 61.6 Å². The molecule has 1 aromatic carbocycles. The van der Waals surface area contributed by atoms with Gasteiger partial charge in [0.2, 0.25) is 0 Å². The van der Waals surface area contributed by atoms with Gasteiger partial charge in [-0.25, -0.2) is 0 Å². The van der Waals surface area contributed by atoms with Crippen molar-refractivity contribution in [2.24, 2.45) is 11.1 Å². The number of rotatable bonds is 4. The first-order valence-electron chi connectivity index (χ1n) is 8.73. The van der Waals surface area contributed by atoms with Gasteiger partial charge in [-0.1, -0.05) is 38.1 Å². The molecule has 1 aliphatic carbocycles. The summed E-state index contributed by atoms with van der Waals surface area (Å²) in [6, 6.07) is 9.01. The number of nitrogens with zero attached hydrogens (tertiary/aromatic N) is 1. The first-order valence-corrected chi connectivity index (χ1v) is 8.73. The normalized spacial score (nSPS) is 28.5. The van der Waals surface area contributed by atoms with E-state index in [1.807, 2.05) is 0 Å². The Morgan fingerprint density at radius 1 is 1.14 bits per heavy atom. The molecule has 1 atom stereocenters. The summed E-state index contributed by atoms with van der Waals surface area (Å²) in [5, 5.41) is 0. The van der Waals surface area contributed by atoms with Crippen LogP contribution in [0.15, 0.2) is 24.3 Å². The van der Waals surface area contributed by atoms with Crippen LogP contribution in [0.5, 0.6) is 0 Å². The van der Waals surface area contributed by atoms with E-state index < -0.39 is 0 Å². The fourth-order valence-electron chi connectivity index (χ4n) is 4.70. The van der Waals surface area contributed by atoms with Crippen LogP contribution in [0.1, 0.15) is 57.1 Å². The van der Waals surface area contributed by atoms with Crippen molar-refractivity contribution in [1.82, 2.24) is 4.90 Å². The molecular weight excluding hydrogens is 256 g/mol. The summed E-state index contributed by atoms with van der Waals surface area (Å²) in [7, 11) is 0. The van der Waals surface area contributed by atoms with Crippen LogP contribution in [-0.4, -0.2) is 24.5 Å². The molecule has 2 N–H and O–H groups in total. The standard InChI is InChI=1S/C19H30N2/c1-3-18(4-2)12-13-21(15-18)19(14-20)11-7-9-16-8-5-6-10-17(16)19/h5-6,8,10H,3-4,7,9,11-15,20H2,1-2H3. The maximum Gasteiger partial charge on any atom is 0.0586 e. The quantitative estimate of drug-likeness (QED) is 0.914. The van der Waals surface area contributed by atoms with Gasteiger partial charge in [0, 0.05) is 13.1 Å². The number of fused-ring (bicyclic) bond motifs is 1. The van der Waals surface area contributed by atoms with Crippen molar-refractivity contribution in [2.75, 3.05) is 19.6 Å². The number of nitrogens with two attached hydrogens (primary N) is 1. The lowest BCUT2D eigenvalue weighted by Gasteiger charge is -2.46. The van der Waals surface area contributed by atoms with Crippen molar-refractivity contribution >= 4 is 0 Å². The highest BCUT2D eigenvalue weighted by atomic mass is 15.2. The van der Waals surface area contributed by atoms with Crippen molar-refractivity contribution in [2.45, 2.75) is 57.9 Å². The minimum Gasteiger partial charge on any atom is -0.328 e. The molecule has 0 aromatic heterocycles. The van der Waals surface area contributed by atoms with Gasteiger partial charge >= 0.3 is 0 Å². The first-order chi connectivity index (χ1) is 10.2. The Bertz CT molecular complexity index is 492. The van der Waals surface area contributed by atoms with E-state index in [1.54, 1.807) is 0 Å². The lowest BCUT2D eigenvalue weighted by atomic mass is 9.75. The zero-order chi connectivity index (χ0) is 14.9. The van der Waals surface area contributed by atoms with E-state index in [4.69, 9.17) is 5.73 Å². The lowest BCUT2D eigenvalue weighted by molar-refractivity contribution is 0.0835. The van der Waals surface area contributed by atoms with Gasteiger partial charge in [-0.2, -0.15) is 0 Å². The highest BCUT2D eigenvalue weighted by Gasteiger charge is 2.46. The Morgan fingerprint density at radius 2 is 1.90 bits per heavy atom. The average molecular weight is 286 g/mol. The number of hydrogen-bond acceptors (Lipinski definition) is 2. The van der Waals surface area contributed by atoms with E-state index in [0.29, 0.717) is 5.41 Å². The van der Waals surface area contributed by atoms with Gasteiger partial charge in [-0.3, -0.25) is 4.90 Å². The molecule has 1 heterocycles. The molecule has 1 aliphatic heterocycles. The molecule has 21 heavy (non-hydrogen) atoms. The Morgan fingerprint density at radius 3 is 2.57 bits per heavy atom. The molecule has 0 amide bonds. The Kier molecular flexibility index (Phi) is 4.11. The predicted octanol–water partition coefficient (Wildman–Crippen LogP) is 3.69. The molecule has 1 aromatic rings. The molecule has 0 bridgehead atoms. The van der Waals surface area contributed by atoms with Gasteiger partial charge in [0.1, 0.15) is 0 Å². The Hall–Kier alpha value is -0.860. The van der Waals surface area contributed by atoms with E-state index in [1.165, 1.54) is 62.7 Å². The third-order valence-corrected chi connectivity index (χ3v) is 6.44. The van der Waals surface area contributed by atoms with Gasteiger partial charge in [-0.15, -0.1) is 0 Å². The maximum absolute atomic E-state index is 6.36. The van der Waals surface area contributed by atoms with Gasteiger partial charge < -0.3 is 5.73 Å². The summed E-state index contributed by atoms with van der Waals surface area (Å²) in [4.78, 5) is 2.73. The predicted molar refractivity (Wildman–Crippen MR) is 89.3 cm³/mol. The van der Waals surface area contributed by atoms with Crippen LogP contribution in [0, 0.1) is 5.41 Å². The van der Waals surface area contributed by atoms with Crippen LogP contribution in [0.3, 0.4) is 0 Å². The Labute approximate surface area is 129 Å². The fraction of sp³-hybridized carbons (Fsp3) is 0.684. The summed E-state index contributed by atoms with van der Waals surface area (Å²) in [5.74, 6) is 0. The number of aryl methyl sites for hydroxylation is 1. The Balaban J connectivity index is 1.96. The van der Waals surface area contributed by atoms with E-state index in [9.17, 15) is 0 Å². The lowest BCUT2D eigenvalue weighted by Crippen LogP contribution is -2.52. The van der Waals surface area contributed by atoms with Crippen LogP contribution >= 0.6 is 0 Å². The average Bonchev–Trinajstić information content (AvgIpc) is 3.00. The minimum atomic E-state index is 0.0981. The second-order valence-corrected chi connectivity index (χ2v) is 7.13. The van der Waals surface area contributed by atoms with Crippen LogP contribution in [0.2, 0.25) is 0 Å². The topological polar surface area (TPSA) is 29.3 Å². The zero-order valence-electron chi connectivity index (χ0n) is 13.7. The number of likely N-dealkylation sites (tertiary alicyclic amines) is 1. The smallest absolute Gasteiger partial charge is 0.0586 e. The van der Waals surface area contributed by atoms with Crippen LogP contribution in [0.4, 0.5) is 0 Å². The van der Waals surface area contributed by atoms with Crippen molar-refractivity contribution in [1.29, 1.82) is 0 Å². The molecular formula is C19H30N2. The molecule has 2 heteroatoms. The van der Waals surface area contributed by atoms with Crippen LogP contribution in [-0.2, 0) is 12.0 Å². The summed E-state index contributed by atoms with van der Waals surface area (Å²) in [6.07, 6.45) is 7.65. The highest BCUT2D eigenvalue weighted by Crippen LogP contribution is 2.46. The second-order valence-electron chi connectivity index (χ2n) is 7.13. The maximum atomic E-state index is 6.36. The fourth-order valence-corrected chi connectivity index (χ4v) is 4.70. The molecule has 1 saturated heterocycles. The third-order valence-electron chi connectivity index (χ3n) is 6.44. The summed E-state index contributed by atoms with van der Waals surface area (Å²) in [6.45, 7) is 7.92.